The quantitative estimate of drug-likeness (QED) is 0.663. The van der Waals surface area contributed by atoms with E-state index in [4.69, 9.17) is 18.6 Å². The van der Waals surface area contributed by atoms with Gasteiger partial charge in [-0.25, -0.2) is 0 Å². The number of benzene rings is 2. The Morgan fingerprint density at radius 1 is 0.842 bits per heavy atom. The Bertz CT molecular complexity index is 402. The van der Waals surface area contributed by atoms with Gasteiger partial charge in [-0.1, -0.05) is 36.4 Å². The van der Waals surface area contributed by atoms with Crippen LogP contribution in [0.4, 0.5) is 0 Å². The van der Waals surface area contributed by atoms with Gasteiger partial charge in [-0.3, -0.25) is 0 Å². The van der Waals surface area contributed by atoms with E-state index in [1.165, 1.54) is 10.6 Å². The van der Waals surface area contributed by atoms with Crippen LogP contribution in [0.2, 0.25) is 0 Å². The van der Waals surface area contributed by atoms with Crippen LogP contribution in [0, 0.1) is 0 Å². The van der Waals surface area contributed by atoms with Crippen LogP contribution in [0.5, 0.6) is 0 Å². The maximum absolute atomic E-state index is 9.18. The van der Waals surface area contributed by atoms with Gasteiger partial charge < -0.3 is 5.11 Å². The summed E-state index contributed by atoms with van der Waals surface area (Å²) in [6, 6.07) is 21.0. The molecular weight excluding hydrogens is 334 g/mol. The summed E-state index contributed by atoms with van der Waals surface area (Å²) < 4.78 is 0. The topological polar surface area (TPSA) is 20.2 Å². The summed E-state index contributed by atoms with van der Waals surface area (Å²) in [6.07, 6.45) is 0.874. The molecule has 19 heavy (non-hydrogen) atoms. The van der Waals surface area contributed by atoms with Crippen molar-refractivity contribution in [3.8, 4) is 0 Å². The predicted molar refractivity (Wildman–Crippen MR) is 84.1 cm³/mol. The molecule has 0 aliphatic heterocycles. The molecule has 2 rings (SSSR count). The van der Waals surface area contributed by atoms with Crippen LogP contribution in [-0.4, -0.2) is 17.9 Å². The fourth-order valence-corrected chi connectivity index (χ4v) is 4.17. The first kappa shape index (κ1) is 17.2. The minimum atomic E-state index is -0.801. The van der Waals surface area contributed by atoms with Crippen LogP contribution in [0.1, 0.15) is 0 Å². The van der Waals surface area contributed by atoms with Crippen LogP contribution >= 0.6 is 26.5 Å². The van der Waals surface area contributed by atoms with E-state index >= 15 is 0 Å². The van der Waals surface area contributed by atoms with Crippen molar-refractivity contribution in [1.82, 2.24) is 0 Å². The van der Waals surface area contributed by atoms with E-state index in [-0.39, 0.29) is 6.61 Å². The number of hydrogen-bond acceptors (Lipinski definition) is 1. The van der Waals surface area contributed by atoms with E-state index < -0.39 is 25.0 Å². The molecule has 0 heterocycles. The molecule has 2 aromatic rings. The van der Waals surface area contributed by atoms with Gasteiger partial charge in [0.1, 0.15) is 0 Å². The monoisotopic (exact) mass is 349 g/mol. The molecule has 0 aliphatic rings. The molecule has 5 heteroatoms. The van der Waals surface area contributed by atoms with Gasteiger partial charge in [0.15, 0.2) is 0 Å². The first-order chi connectivity index (χ1) is 9.33. The Kier molecular flexibility index (Phi) is 9.82. The number of halogens is 2. The van der Waals surface area contributed by atoms with E-state index in [2.05, 4.69) is 48.5 Å². The number of aliphatic hydroxyl groups excluding tert-OH is 1. The van der Waals surface area contributed by atoms with Crippen LogP contribution < -0.4 is 10.6 Å². The van der Waals surface area contributed by atoms with Crippen molar-refractivity contribution in [3.05, 3.63) is 60.7 Å². The van der Waals surface area contributed by atoms with Crippen LogP contribution in [-0.2, 0) is 17.0 Å². The summed E-state index contributed by atoms with van der Waals surface area (Å²) in [5.41, 5.74) is 0. The Morgan fingerprint density at radius 3 is 1.53 bits per heavy atom. The van der Waals surface area contributed by atoms with Gasteiger partial charge in [0.05, 0.1) is 31.3 Å². The van der Waals surface area contributed by atoms with Gasteiger partial charge in [-0.05, 0) is 24.3 Å². The summed E-state index contributed by atoms with van der Waals surface area (Å²) in [5.74, 6) is 0. The fraction of sp³-hybridized carbons (Fsp3) is 0.143. The maximum atomic E-state index is 9.18. The third-order valence-electron chi connectivity index (χ3n) is 2.61. The summed E-state index contributed by atoms with van der Waals surface area (Å²) >= 11 is -0.556. The van der Waals surface area contributed by atoms with Crippen molar-refractivity contribution in [1.29, 1.82) is 0 Å². The third-order valence-corrected chi connectivity index (χ3v) is 5.39. The Hall–Kier alpha value is 0.124. The van der Waals surface area contributed by atoms with E-state index in [0.717, 1.165) is 6.16 Å². The van der Waals surface area contributed by atoms with Crippen molar-refractivity contribution in [2.45, 2.75) is 0 Å². The van der Waals surface area contributed by atoms with Crippen LogP contribution in [0.3, 0.4) is 0 Å². The molecule has 0 fully saturated rings. The molecule has 0 bridgehead atoms. The zero-order chi connectivity index (χ0) is 13.9. The van der Waals surface area contributed by atoms with Crippen LogP contribution in [0.25, 0.3) is 0 Å². The predicted octanol–water partition coefficient (Wildman–Crippen LogP) is 3.22. The zero-order valence-corrected chi connectivity index (χ0v) is 14.5. The van der Waals surface area contributed by atoms with E-state index in [1.54, 1.807) is 0 Å². The van der Waals surface area contributed by atoms with Crippen molar-refractivity contribution in [2.24, 2.45) is 0 Å². The van der Waals surface area contributed by atoms with Crippen molar-refractivity contribution < 1.29 is 22.1 Å². The normalized spacial score (nSPS) is 9.68. The summed E-state index contributed by atoms with van der Waals surface area (Å²) in [7, 11) is 8.98. The SMILES string of the molecule is OCC[PH+](c1ccccc1)c1ccccc1.[Cl][Ti][Cl]. The molecule has 0 unspecified atom stereocenters. The van der Waals surface area contributed by atoms with E-state index in [0.29, 0.717) is 0 Å². The van der Waals surface area contributed by atoms with E-state index in [1.807, 2.05) is 12.1 Å². The Morgan fingerprint density at radius 2 is 1.21 bits per heavy atom. The Balaban J connectivity index is 0.000000550. The molecule has 1 nitrogen and oxygen atoms in total. The number of hydrogen-bond donors (Lipinski definition) is 1. The minimum absolute atomic E-state index is 0.262. The van der Waals surface area contributed by atoms with Gasteiger partial charge in [-0.2, -0.15) is 0 Å². The molecule has 0 saturated carbocycles. The molecule has 0 amide bonds. The number of rotatable bonds is 4. The summed E-state index contributed by atoms with van der Waals surface area (Å²) in [6.45, 7) is 0.262. The first-order valence-corrected chi connectivity index (χ1v) is 11.9. The summed E-state index contributed by atoms with van der Waals surface area (Å²) in [5, 5.41) is 11.9. The molecule has 0 aliphatic carbocycles. The van der Waals surface area contributed by atoms with Crippen molar-refractivity contribution >= 4 is 37.1 Å². The molecule has 0 aromatic heterocycles. The first-order valence-electron chi connectivity index (χ1n) is 5.87. The zero-order valence-electron chi connectivity index (χ0n) is 10.4. The second-order valence-corrected chi connectivity index (χ2v) is 8.95. The molecule has 1 N–H and O–H groups in total. The molecular formula is C14H16Cl2OPTi+. The van der Waals surface area contributed by atoms with Crippen molar-refractivity contribution in [2.75, 3.05) is 12.8 Å². The number of aliphatic hydroxyl groups is 1. The second-order valence-electron chi connectivity index (χ2n) is 3.76. The molecule has 0 saturated heterocycles. The average Bonchev–Trinajstić information content (AvgIpc) is 2.47. The van der Waals surface area contributed by atoms with E-state index in [9.17, 15) is 5.11 Å². The fourth-order valence-electron chi connectivity index (χ4n) is 1.85. The van der Waals surface area contributed by atoms with Gasteiger partial charge >= 0.3 is 35.6 Å². The van der Waals surface area contributed by atoms with Crippen LogP contribution in [0.15, 0.2) is 60.7 Å². The average molecular weight is 350 g/mol. The summed E-state index contributed by atoms with van der Waals surface area (Å²) in [4.78, 5) is 0. The van der Waals surface area contributed by atoms with Gasteiger partial charge in [0.25, 0.3) is 0 Å². The molecule has 100 valence electrons. The molecule has 0 radical (unpaired) electrons. The van der Waals surface area contributed by atoms with Crippen molar-refractivity contribution in [3.63, 3.8) is 0 Å². The van der Waals surface area contributed by atoms with Gasteiger partial charge in [0, 0.05) is 0 Å². The molecule has 2 aromatic carbocycles. The molecule has 0 spiro atoms. The van der Waals surface area contributed by atoms with Gasteiger partial charge in [0.2, 0.25) is 0 Å². The second kappa shape index (κ2) is 10.9. The molecule has 0 atom stereocenters. The van der Waals surface area contributed by atoms with Gasteiger partial charge in [-0.15, -0.1) is 0 Å². The Labute approximate surface area is 132 Å². The third kappa shape index (κ3) is 6.40. The standard InChI is InChI=1S/C14H15OP.2ClH.Ti/c15-11-12-16(13-7-3-1-4-8-13)14-9-5-2-6-10-14;;;/h1-10,15H,11-12H2;2*1H;/q;;;+2/p-1.